The van der Waals surface area contributed by atoms with Crippen molar-refractivity contribution in [3.63, 3.8) is 0 Å². The van der Waals surface area contributed by atoms with Crippen molar-refractivity contribution in [1.82, 2.24) is 4.98 Å². The first-order chi connectivity index (χ1) is 8.50. The average molecular weight is 262 g/mol. The van der Waals surface area contributed by atoms with Crippen LogP contribution in [0.5, 0.6) is 0 Å². The summed E-state index contributed by atoms with van der Waals surface area (Å²) in [5, 5.41) is 1.67. The normalized spacial score (nSPS) is 12.9. The number of aromatic nitrogens is 1. The Hall–Kier alpha value is -1.41. The lowest BCUT2D eigenvalue weighted by molar-refractivity contribution is -0.119. The maximum Gasteiger partial charge on any atom is 0.137 e. The fraction of sp³-hybridized carbons (Fsp3) is 0.333. The Kier molecular flexibility index (Phi) is 3.67. The molecule has 18 heavy (non-hydrogen) atoms. The van der Waals surface area contributed by atoms with Gasteiger partial charge in [0, 0.05) is 22.5 Å². The molecule has 0 fully saturated rings. The molecule has 1 heterocycles. The van der Waals surface area contributed by atoms with Crippen molar-refractivity contribution in [2.24, 2.45) is 5.92 Å². The Morgan fingerprint density at radius 3 is 2.61 bits per heavy atom. The number of hydrogen-bond donors (Lipinski definition) is 0. The lowest BCUT2D eigenvalue weighted by Crippen LogP contribution is -2.15. The molecule has 1 unspecified atom stereocenters. The maximum absolute atomic E-state index is 11.8. The van der Waals surface area contributed by atoms with Gasteiger partial charge in [0.05, 0.1) is 5.52 Å². The number of pyridine rings is 1. The maximum atomic E-state index is 11.8. The number of rotatable bonds is 3. The molecule has 0 N–H and O–H groups in total. The van der Waals surface area contributed by atoms with E-state index in [-0.39, 0.29) is 17.6 Å². The van der Waals surface area contributed by atoms with Crippen LogP contribution in [0.1, 0.15) is 32.3 Å². The molecule has 0 saturated heterocycles. The van der Waals surface area contributed by atoms with Crippen molar-refractivity contribution in [1.29, 1.82) is 0 Å². The van der Waals surface area contributed by atoms with Crippen LogP contribution in [0.15, 0.2) is 30.5 Å². The predicted octanol–water partition coefficient (Wildman–Crippen LogP) is 4.22. The van der Waals surface area contributed by atoms with Crippen LogP contribution in [0.4, 0.5) is 0 Å². The number of ketones is 1. The van der Waals surface area contributed by atoms with Gasteiger partial charge in [-0.2, -0.15) is 0 Å². The summed E-state index contributed by atoms with van der Waals surface area (Å²) in [5.41, 5.74) is 1.88. The Morgan fingerprint density at radius 2 is 2.00 bits per heavy atom. The average Bonchev–Trinajstić information content (AvgIpc) is 2.27. The Balaban J connectivity index is 2.66. The van der Waals surface area contributed by atoms with Gasteiger partial charge in [-0.05, 0) is 36.6 Å². The highest BCUT2D eigenvalue weighted by atomic mass is 35.5. The van der Waals surface area contributed by atoms with Gasteiger partial charge in [0.2, 0.25) is 0 Å². The van der Waals surface area contributed by atoms with Crippen LogP contribution < -0.4 is 0 Å². The molecule has 0 spiro atoms. The zero-order valence-corrected chi connectivity index (χ0v) is 11.5. The molecule has 0 aliphatic heterocycles. The fourth-order valence-corrected chi connectivity index (χ4v) is 2.63. The van der Waals surface area contributed by atoms with E-state index in [0.717, 1.165) is 16.5 Å². The first-order valence-corrected chi connectivity index (χ1v) is 6.43. The summed E-state index contributed by atoms with van der Waals surface area (Å²) in [6.07, 6.45) is 1.74. The second-order valence-electron chi connectivity index (χ2n) is 4.89. The van der Waals surface area contributed by atoms with Gasteiger partial charge in [0.25, 0.3) is 0 Å². The number of benzene rings is 1. The topological polar surface area (TPSA) is 30.0 Å². The number of halogens is 1. The van der Waals surface area contributed by atoms with Crippen molar-refractivity contribution in [2.45, 2.75) is 26.7 Å². The summed E-state index contributed by atoms with van der Waals surface area (Å²) >= 11 is 5.97. The van der Waals surface area contributed by atoms with Crippen LogP contribution >= 0.6 is 11.6 Å². The third-order valence-electron chi connectivity index (χ3n) is 3.18. The minimum Gasteiger partial charge on any atom is -0.299 e. The zero-order valence-electron chi connectivity index (χ0n) is 10.8. The number of Topliss-reactive ketones (excluding diaryl/α,β-unsaturated/α-hetero) is 1. The number of fused-ring (bicyclic) bond motifs is 1. The van der Waals surface area contributed by atoms with E-state index in [0.29, 0.717) is 5.02 Å². The van der Waals surface area contributed by atoms with Gasteiger partial charge in [-0.3, -0.25) is 9.78 Å². The van der Waals surface area contributed by atoms with E-state index >= 15 is 0 Å². The predicted molar refractivity (Wildman–Crippen MR) is 75.0 cm³/mol. The molecule has 3 heteroatoms. The van der Waals surface area contributed by atoms with Crippen molar-refractivity contribution in [2.75, 3.05) is 0 Å². The molecular formula is C15H16ClNO. The third kappa shape index (κ3) is 2.39. The largest absolute Gasteiger partial charge is 0.299 e. The summed E-state index contributed by atoms with van der Waals surface area (Å²) in [7, 11) is 0. The third-order valence-corrected chi connectivity index (χ3v) is 3.41. The van der Waals surface area contributed by atoms with Crippen LogP contribution in [0.3, 0.4) is 0 Å². The molecule has 0 saturated carbocycles. The summed E-state index contributed by atoms with van der Waals surface area (Å²) in [4.78, 5) is 16.2. The molecule has 2 rings (SSSR count). The minimum absolute atomic E-state index is 0.0864. The van der Waals surface area contributed by atoms with E-state index in [1.807, 2.05) is 24.3 Å². The number of hydrogen-bond acceptors (Lipinski definition) is 2. The Morgan fingerprint density at radius 1 is 1.28 bits per heavy atom. The molecule has 94 valence electrons. The van der Waals surface area contributed by atoms with E-state index < -0.39 is 0 Å². The van der Waals surface area contributed by atoms with Crippen LogP contribution in [-0.2, 0) is 4.79 Å². The van der Waals surface area contributed by atoms with Crippen LogP contribution in [0, 0.1) is 5.92 Å². The number of carbonyl (C=O) groups excluding carboxylic acids is 1. The van der Waals surface area contributed by atoms with Gasteiger partial charge in [0.1, 0.15) is 5.78 Å². The summed E-state index contributed by atoms with van der Waals surface area (Å²) in [6.45, 7) is 5.77. The molecule has 0 radical (unpaired) electrons. The van der Waals surface area contributed by atoms with Gasteiger partial charge in [-0.1, -0.05) is 31.5 Å². The van der Waals surface area contributed by atoms with Gasteiger partial charge < -0.3 is 0 Å². The highest BCUT2D eigenvalue weighted by Gasteiger charge is 2.22. The quantitative estimate of drug-likeness (QED) is 0.828. The molecule has 1 aromatic heterocycles. The highest BCUT2D eigenvalue weighted by Crippen LogP contribution is 2.31. The molecule has 0 aliphatic carbocycles. The van der Waals surface area contributed by atoms with Gasteiger partial charge in [0.15, 0.2) is 0 Å². The zero-order chi connectivity index (χ0) is 13.3. The molecule has 0 bridgehead atoms. The smallest absolute Gasteiger partial charge is 0.137 e. The van der Waals surface area contributed by atoms with E-state index in [4.69, 9.17) is 11.6 Å². The summed E-state index contributed by atoms with van der Waals surface area (Å²) < 4.78 is 0. The molecule has 0 aliphatic rings. The Labute approximate surface area is 112 Å². The van der Waals surface area contributed by atoms with Gasteiger partial charge >= 0.3 is 0 Å². The van der Waals surface area contributed by atoms with E-state index in [1.165, 1.54) is 0 Å². The monoisotopic (exact) mass is 261 g/mol. The standard InChI is InChI=1S/C15H16ClNO/c1-9(2)15(10(3)18)13-6-7-17-14-8-11(16)4-5-12(13)14/h4-9,15H,1-3H3. The minimum atomic E-state index is -0.0864. The highest BCUT2D eigenvalue weighted by molar-refractivity contribution is 6.31. The molecule has 1 aromatic carbocycles. The van der Waals surface area contributed by atoms with Gasteiger partial charge in [-0.15, -0.1) is 0 Å². The van der Waals surface area contributed by atoms with Crippen LogP contribution in [-0.4, -0.2) is 10.8 Å². The van der Waals surface area contributed by atoms with Gasteiger partial charge in [-0.25, -0.2) is 0 Å². The van der Waals surface area contributed by atoms with Crippen LogP contribution in [0.2, 0.25) is 5.02 Å². The number of carbonyl (C=O) groups is 1. The summed E-state index contributed by atoms with van der Waals surface area (Å²) in [6, 6.07) is 7.55. The van der Waals surface area contributed by atoms with E-state index in [1.54, 1.807) is 13.1 Å². The fourth-order valence-electron chi connectivity index (χ4n) is 2.46. The van der Waals surface area contributed by atoms with E-state index in [9.17, 15) is 4.79 Å². The second-order valence-corrected chi connectivity index (χ2v) is 5.33. The molecule has 2 nitrogen and oxygen atoms in total. The van der Waals surface area contributed by atoms with Crippen LogP contribution in [0.25, 0.3) is 10.9 Å². The first kappa shape index (κ1) is 13.0. The van der Waals surface area contributed by atoms with Crippen molar-refractivity contribution in [3.05, 3.63) is 41.0 Å². The van der Waals surface area contributed by atoms with Crippen molar-refractivity contribution < 1.29 is 4.79 Å². The van der Waals surface area contributed by atoms with Crippen molar-refractivity contribution >= 4 is 28.3 Å². The molecular weight excluding hydrogens is 246 g/mol. The lowest BCUT2D eigenvalue weighted by Gasteiger charge is -2.19. The molecule has 2 aromatic rings. The first-order valence-electron chi connectivity index (χ1n) is 6.05. The molecule has 0 amide bonds. The molecule has 1 atom stereocenters. The summed E-state index contributed by atoms with van der Waals surface area (Å²) in [5.74, 6) is 0.368. The van der Waals surface area contributed by atoms with Crippen molar-refractivity contribution in [3.8, 4) is 0 Å². The SMILES string of the molecule is CC(=O)C(c1ccnc2cc(Cl)ccc12)C(C)C. The lowest BCUT2D eigenvalue weighted by atomic mass is 9.84. The Bertz CT molecular complexity index is 592. The second kappa shape index (κ2) is 5.07. The van der Waals surface area contributed by atoms with E-state index in [2.05, 4.69) is 18.8 Å². The number of nitrogens with zero attached hydrogens (tertiary/aromatic N) is 1.